The van der Waals surface area contributed by atoms with Crippen LogP contribution < -0.4 is 5.32 Å². The van der Waals surface area contributed by atoms with Gasteiger partial charge < -0.3 is 9.88 Å². The number of anilines is 1. The van der Waals surface area contributed by atoms with Crippen LogP contribution in [0.3, 0.4) is 0 Å². The highest BCUT2D eigenvalue weighted by Gasteiger charge is 2.36. The zero-order valence-electron chi connectivity index (χ0n) is 17.1. The summed E-state index contributed by atoms with van der Waals surface area (Å²) in [4.78, 5) is 29.4. The minimum absolute atomic E-state index is 0.0291. The lowest BCUT2D eigenvalue weighted by molar-refractivity contribution is -0.0384. The molecular weight excluding hydrogens is 428 g/mol. The maximum absolute atomic E-state index is 13.6. The summed E-state index contributed by atoms with van der Waals surface area (Å²) >= 11 is 0. The Bertz CT molecular complexity index is 1110. The molecule has 168 valence electrons. The fraction of sp³-hybridized carbons (Fsp3) is 0.381. The number of hydrogen-bond donors (Lipinski definition) is 1. The molecule has 0 aromatic carbocycles. The van der Waals surface area contributed by atoms with Crippen molar-refractivity contribution in [1.29, 1.82) is 0 Å². The highest BCUT2D eigenvalue weighted by Crippen LogP contribution is 2.40. The van der Waals surface area contributed by atoms with Gasteiger partial charge in [-0.05, 0) is 31.0 Å². The highest BCUT2D eigenvalue weighted by molar-refractivity contribution is 6.03. The lowest BCUT2D eigenvalue weighted by Crippen LogP contribution is -2.24. The van der Waals surface area contributed by atoms with Crippen molar-refractivity contribution in [2.75, 3.05) is 5.32 Å². The molecule has 0 atom stereocenters. The molecular formula is C21H20F4N6O. The first-order valence-electron chi connectivity index (χ1n) is 10.0. The van der Waals surface area contributed by atoms with Gasteiger partial charge in [-0.25, -0.2) is 32.5 Å². The van der Waals surface area contributed by atoms with Gasteiger partial charge in [-0.3, -0.25) is 9.78 Å². The Kier molecular flexibility index (Phi) is 5.90. The summed E-state index contributed by atoms with van der Waals surface area (Å²) in [5.41, 5.74) is 0.911. The molecule has 0 saturated heterocycles. The molecule has 3 aromatic rings. The number of hydrogen-bond acceptors (Lipinski definition) is 5. The number of rotatable bonds is 5. The summed E-state index contributed by atoms with van der Waals surface area (Å²) in [6.45, 7) is 0. The molecule has 1 aliphatic carbocycles. The number of halogens is 4. The van der Waals surface area contributed by atoms with Gasteiger partial charge in [0.1, 0.15) is 17.1 Å². The minimum atomic E-state index is -2.71. The third-order valence-corrected chi connectivity index (χ3v) is 5.43. The van der Waals surface area contributed by atoms with Gasteiger partial charge in [0.25, 0.3) is 12.3 Å². The molecule has 4 rings (SSSR count). The molecule has 3 aromatic heterocycles. The van der Waals surface area contributed by atoms with Crippen molar-refractivity contribution in [2.24, 2.45) is 7.05 Å². The van der Waals surface area contributed by atoms with E-state index in [4.69, 9.17) is 0 Å². The second-order valence-corrected chi connectivity index (χ2v) is 7.75. The molecule has 0 unspecified atom stereocenters. The SMILES string of the molecule is Cn1cncc1-c1nc(C(=O)Nc2ccc(C(F)F)nc2)cc(C2CCC(F)(F)CC2)n1. The Morgan fingerprint density at radius 3 is 2.53 bits per heavy atom. The lowest BCUT2D eigenvalue weighted by atomic mass is 9.84. The Balaban J connectivity index is 1.64. The monoisotopic (exact) mass is 448 g/mol. The molecule has 1 saturated carbocycles. The standard InChI is InChI=1S/C21H20F4N6O/c1-31-11-26-10-17(31)19-29-15(12-4-6-21(24,25)7-5-12)8-16(30-19)20(32)28-13-2-3-14(18(22)23)27-9-13/h2-3,8-12,18H,4-7H2,1H3,(H,28,32). The van der Waals surface area contributed by atoms with Crippen molar-refractivity contribution >= 4 is 11.6 Å². The van der Waals surface area contributed by atoms with Gasteiger partial charge in [0, 0.05) is 31.5 Å². The predicted octanol–water partition coefficient (Wildman–Crippen LogP) is 4.75. The summed E-state index contributed by atoms with van der Waals surface area (Å²) in [6, 6.07) is 3.93. The first-order valence-corrected chi connectivity index (χ1v) is 10.0. The van der Waals surface area contributed by atoms with Crippen LogP contribution in [0, 0.1) is 0 Å². The first-order chi connectivity index (χ1) is 15.2. The van der Waals surface area contributed by atoms with Crippen molar-refractivity contribution < 1.29 is 22.4 Å². The van der Waals surface area contributed by atoms with Crippen LogP contribution in [0.2, 0.25) is 0 Å². The Hall–Kier alpha value is -3.37. The first kappa shape index (κ1) is 21.8. The lowest BCUT2D eigenvalue weighted by Gasteiger charge is -2.28. The second-order valence-electron chi connectivity index (χ2n) is 7.75. The summed E-state index contributed by atoms with van der Waals surface area (Å²) in [5, 5.41) is 2.58. The topological polar surface area (TPSA) is 85.6 Å². The number of nitrogens with one attached hydrogen (secondary N) is 1. The quantitative estimate of drug-likeness (QED) is 0.569. The Labute approximate surface area is 180 Å². The minimum Gasteiger partial charge on any atom is -0.331 e. The van der Waals surface area contributed by atoms with Crippen molar-refractivity contribution in [2.45, 2.75) is 43.9 Å². The second kappa shape index (κ2) is 8.64. The van der Waals surface area contributed by atoms with Crippen molar-refractivity contribution in [3.8, 4) is 11.5 Å². The molecule has 1 amide bonds. The average Bonchev–Trinajstić information content (AvgIpc) is 3.19. The molecule has 11 heteroatoms. The van der Waals surface area contributed by atoms with E-state index in [0.29, 0.717) is 11.4 Å². The van der Waals surface area contributed by atoms with E-state index in [0.717, 1.165) is 12.3 Å². The number of aryl methyl sites for hydroxylation is 1. The van der Waals surface area contributed by atoms with Crippen LogP contribution in [0.25, 0.3) is 11.5 Å². The summed E-state index contributed by atoms with van der Waals surface area (Å²) < 4.78 is 54.3. The molecule has 1 aliphatic rings. The van der Waals surface area contributed by atoms with Crippen LogP contribution in [-0.2, 0) is 7.05 Å². The highest BCUT2D eigenvalue weighted by atomic mass is 19.3. The fourth-order valence-corrected chi connectivity index (χ4v) is 3.62. The van der Waals surface area contributed by atoms with Crippen LogP contribution in [0.5, 0.6) is 0 Å². The molecule has 1 N–H and O–H groups in total. The van der Waals surface area contributed by atoms with E-state index in [9.17, 15) is 22.4 Å². The van der Waals surface area contributed by atoms with E-state index in [1.165, 1.54) is 12.1 Å². The average molecular weight is 448 g/mol. The van der Waals surface area contributed by atoms with Gasteiger partial charge in [0.2, 0.25) is 5.92 Å². The number of amides is 1. The van der Waals surface area contributed by atoms with Crippen LogP contribution in [0.1, 0.15) is 59.9 Å². The van der Waals surface area contributed by atoms with Crippen LogP contribution in [-0.4, -0.2) is 36.3 Å². The van der Waals surface area contributed by atoms with Crippen LogP contribution in [0.4, 0.5) is 23.2 Å². The molecule has 3 heterocycles. The smallest absolute Gasteiger partial charge is 0.280 e. The molecule has 0 bridgehead atoms. The fourth-order valence-electron chi connectivity index (χ4n) is 3.62. The Morgan fingerprint density at radius 2 is 1.94 bits per heavy atom. The van der Waals surface area contributed by atoms with E-state index in [-0.39, 0.29) is 48.8 Å². The number of imidazole rings is 1. The van der Waals surface area contributed by atoms with E-state index in [2.05, 4.69) is 25.3 Å². The maximum atomic E-state index is 13.6. The van der Waals surface area contributed by atoms with Gasteiger partial charge in [0.05, 0.1) is 24.4 Å². The van der Waals surface area contributed by atoms with E-state index in [1.54, 1.807) is 24.1 Å². The predicted molar refractivity (Wildman–Crippen MR) is 108 cm³/mol. The number of alkyl halides is 4. The zero-order valence-corrected chi connectivity index (χ0v) is 17.1. The van der Waals surface area contributed by atoms with Crippen molar-refractivity contribution in [3.05, 3.63) is 54.0 Å². The van der Waals surface area contributed by atoms with E-state index >= 15 is 0 Å². The van der Waals surface area contributed by atoms with Gasteiger partial charge in [-0.1, -0.05) is 0 Å². The normalized spacial score (nSPS) is 16.3. The summed E-state index contributed by atoms with van der Waals surface area (Å²) in [6.07, 6.45) is 1.52. The largest absolute Gasteiger partial charge is 0.331 e. The summed E-state index contributed by atoms with van der Waals surface area (Å²) in [7, 11) is 1.75. The van der Waals surface area contributed by atoms with E-state index in [1.807, 2.05) is 0 Å². The number of nitrogens with zero attached hydrogens (tertiary/aromatic N) is 5. The van der Waals surface area contributed by atoms with Gasteiger partial charge in [-0.15, -0.1) is 0 Å². The zero-order chi connectivity index (χ0) is 22.9. The van der Waals surface area contributed by atoms with E-state index < -0.39 is 23.9 Å². The number of carbonyl (C=O) groups excluding carboxylic acids is 1. The maximum Gasteiger partial charge on any atom is 0.280 e. The number of aromatic nitrogens is 5. The van der Waals surface area contributed by atoms with Gasteiger partial charge >= 0.3 is 0 Å². The van der Waals surface area contributed by atoms with Crippen molar-refractivity contribution in [3.63, 3.8) is 0 Å². The van der Waals surface area contributed by atoms with Crippen molar-refractivity contribution in [1.82, 2.24) is 24.5 Å². The Morgan fingerprint density at radius 1 is 1.19 bits per heavy atom. The van der Waals surface area contributed by atoms with Gasteiger partial charge in [-0.2, -0.15) is 0 Å². The molecule has 32 heavy (non-hydrogen) atoms. The number of pyridine rings is 1. The third kappa shape index (κ3) is 4.76. The van der Waals surface area contributed by atoms with Crippen LogP contribution in [0.15, 0.2) is 36.9 Å². The summed E-state index contributed by atoms with van der Waals surface area (Å²) in [5.74, 6) is -3.27. The molecule has 0 radical (unpaired) electrons. The van der Waals surface area contributed by atoms with Gasteiger partial charge in [0.15, 0.2) is 5.82 Å². The molecule has 1 fully saturated rings. The number of carbonyl (C=O) groups is 1. The molecule has 0 aliphatic heterocycles. The third-order valence-electron chi connectivity index (χ3n) is 5.43. The van der Waals surface area contributed by atoms with Crippen LogP contribution >= 0.6 is 0 Å². The molecule has 7 nitrogen and oxygen atoms in total. The molecule has 0 spiro atoms.